The van der Waals surface area contributed by atoms with E-state index in [0.717, 1.165) is 18.4 Å². The Morgan fingerprint density at radius 2 is 1.89 bits per heavy atom. The molecule has 0 bridgehead atoms. The van der Waals surface area contributed by atoms with Crippen LogP contribution in [0.5, 0.6) is 0 Å². The second-order valence-electron chi connectivity index (χ2n) is 5.40. The Labute approximate surface area is 113 Å². The summed E-state index contributed by atoms with van der Waals surface area (Å²) in [6.45, 7) is 0. The smallest absolute Gasteiger partial charge is 0.266 e. The fourth-order valence-corrected chi connectivity index (χ4v) is 3.01. The quantitative estimate of drug-likeness (QED) is 0.904. The largest absolute Gasteiger partial charge is 0.300 e. The molecule has 3 rings (SSSR count). The third-order valence-electron chi connectivity index (χ3n) is 4.05. The molecule has 1 aromatic rings. The molecular formula is C15H20N2O2. The Morgan fingerprint density at radius 3 is 2.58 bits per heavy atom. The zero-order valence-corrected chi connectivity index (χ0v) is 11.2. The average molecular weight is 260 g/mol. The molecular weight excluding hydrogens is 240 g/mol. The maximum Gasteiger partial charge on any atom is 0.266 e. The number of nitrogens with one attached hydrogen (secondary N) is 1. The number of hydrogen-bond donors (Lipinski definition) is 1. The lowest BCUT2D eigenvalue weighted by atomic mass is 10.0. The summed E-state index contributed by atoms with van der Waals surface area (Å²) >= 11 is 0. The van der Waals surface area contributed by atoms with Gasteiger partial charge in [0.15, 0.2) is 0 Å². The van der Waals surface area contributed by atoms with Gasteiger partial charge < -0.3 is 5.32 Å². The van der Waals surface area contributed by atoms with Gasteiger partial charge in [0, 0.05) is 13.1 Å². The summed E-state index contributed by atoms with van der Waals surface area (Å²) in [5.74, 6) is 0.0285. The second kappa shape index (κ2) is 5.31. The Bertz CT molecular complexity index is 443. The highest BCUT2D eigenvalue weighted by Crippen LogP contribution is 2.31. The van der Waals surface area contributed by atoms with E-state index in [1.165, 1.54) is 17.9 Å². The summed E-state index contributed by atoms with van der Waals surface area (Å²) in [5.41, 5.74) is 1.05. The third-order valence-corrected chi connectivity index (χ3v) is 4.05. The first-order chi connectivity index (χ1) is 9.25. The number of carbonyl (C=O) groups excluding carboxylic acids is 1. The van der Waals surface area contributed by atoms with Crippen LogP contribution in [0.25, 0.3) is 0 Å². The van der Waals surface area contributed by atoms with Gasteiger partial charge in [0.25, 0.3) is 5.91 Å². The monoisotopic (exact) mass is 260 g/mol. The van der Waals surface area contributed by atoms with E-state index in [9.17, 15) is 4.79 Å². The van der Waals surface area contributed by atoms with Crippen LogP contribution < -0.4 is 5.32 Å². The number of hydrogen-bond acceptors (Lipinski definition) is 3. The van der Waals surface area contributed by atoms with Gasteiger partial charge in [-0.1, -0.05) is 43.2 Å². The summed E-state index contributed by atoms with van der Waals surface area (Å²) in [5, 5.41) is 4.86. The van der Waals surface area contributed by atoms with Crippen LogP contribution in [0.4, 0.5) is 0 Å². The minimum Gasteiger partial charge on any atom is -0.300 e. The number of benzene rings is 1. The van der Waals surface area contributed by atoms with Crippen molar-refractivity contribution >= 4 is 5.91 Å². The number of hydroxylamine groups is 2. The van der Waals surface area contributed by atoms with Gasteiger partial charge in [0.05, 0.1) is 0 Å². The van der Waals surface area contributed by atoms with Gasteiger partial charge in [-0.15, -0.1) is 0 Å². The molecule has 0 spiro atoms. The number of amides is 1. The molecule has 1 amide bonds. The van der Waals surface area contributed by atoms with Gasteiger partial charge in [-0.2, -0.15) is 0 Å². The minimum atomic E-state index is -0.254. The highest BCUT2D eigenvalue weighted by atomic mass is 16.7. The Morgan fingerprint density at radius 1 is 1.21 bits per heavy atom. The lowest BCUT2D eigenvalue weighted by Gasteiger charge is -2.20. The van der Waals surface area contributed by atoms with Crippen molar-refractivity contribution in [2.75, 3.05) is 7.05 Å². The van der Waals surface area contributed by atoms with E-state index in [1.54, 1.807) is 7.05 Å². The van der Waals surface area contributed by atoms with E-state index in [1.807, 2.05) is 30.3 Å². The molecule has 1 aliphatic heterocycles. The van der Waals surface area contributed by atoms with E-state index in [-0.39, 0.29) is 18.1 Å². The first kappa shape index (κ1) is 12.6. The van der Waals surface area contributed by atoms with Crippen LogP contribution in [0.2, 0.25) is 0 Å². The molecule has 1 N–H and O–H groups in total. The van der Waals surface area contributed by atoms with Crippen molar-refractivity contribution in [1.29, 1.82) is 0 Å². The number of likely N-dealkylation sites (N-methyl/N-ethyl adjacent to an activating group) is 1. The molecule has 4 nitrogen and oxygen atoms in total. The predicted molar refractivity (Wildman–Crippen MR) is 72.2 cm³/mol. The van der Waals surface area contributed by atoms with Crippen molar-refractivity contribution in [3.05, 3.63) is 35.9 Å². The van der Waals surface area contributed by atoms with Gasteiger partial charge in [-0.05, 0) is 18.4 Å². The number of nitrogens with zero attached hydrogens (tertiary/aromatic N) is 1. The van der Waals surface area contributed by atoms with Crippen molar-refractivity contribution in [3.8, 4) is 0 Å². The maximum atomic E-state index is 12.2. The molecule has 102 valence electrons. The Kier molecular flexibility index (Phi) is 3.53. The van der Waals surface area contributed by atoms with E-state index in [2.05, 4.69) is 5.32 Å². The zero-order chi connectivity index (χ0) is 13.2. The van der Waals surface area contributed by atoms with Gasteiger partial charge >= 0.3 is 0 Å². The van der Waals surface area contributed by atoms with E-state index in [4.69, 9.17) is 4.84 Å². The van der Waals surface area contributed by atoms with Crippen LogP contribution in [-0.2, 0) is 9.63 Å². The van der Waals surface area contributed by atoms with Crippen molar-refractivity contribution in [1.82, 2.24) is 10.4 Å². The molecule has 2 fully saturated rings. The summed E-state index contributed by atoms with van der Waals surface area (Å²) in [7, 11) is 1.69. The molecule has 0 unspecified atom stereocenters. The Hall–Kier alpha value is -1.39. The van der Waals surface area contributed by atoms with Gasteiger partial charge in [0.2, 0.25) is 0 Å². The fourth-order valence-electron chi connectivity index (χ4n) is 3.01. The normalized spacial score (nSPS) is 28.3. The second-order valence-corrected chi connectivity index (χ2v) is 5.40. The van der Waals surface area contributed by atoms with Crippen LogP contribution in [0.1, 0.15) is 37.4 Å². The van der Waals surface area contributed by atoms with Gasteiger partial charge in [0.1, 0.15) is 12.1 Å². The minimum absolute atomic E-state index is 0.0285. The summed E-state index contributed by atoms with van der Waals surface area (Å²) in [6.07, 6.45) is 4.62. The van der Waals surface area contributed by atoms with E-state index in [0.29, 0.717) is 6.04 Å². The SMILES string of the molecule is CN1O[C@H](c2ccccc2)[C@@H](NC2CCCC2)C1=O. The summed E-state index contributed by atoms with van der Waals surface area (Å²) in [4.78, 5) is 17.9. The third kappa shape index (κ3) is 2.51. The van der Waals surface area contributed by atoms with Crippen LogP contribution in [-0.4, -0.2) is 30.1 Å². The molecule has 4 heteroatoms. The molecule has 2 atom stereocenters. The Balaban J connectivity index is 1.79. The molecule has 0 aromatic heterocycles. The summed E-state index contributed by atoms with van der Waals surface area (Å²) < 4.78 is 0. The topological polar surface area (TPSA) is 41.6 Å². The molecule has 2 aliphatic rings. The molecule has 1 aliphatic carbocycles. The van der Waals surface area contributed by atoms with Crippen LogP contribution in [0.3, 0.4) is 0 Å². The molecule has 1 saturated carbocycles. The molecule has 19 heavy (non-hydrogen) atoms. The molecule has 1 aromatic carbocycles. The fraction of sp³-hybridized carbons (Fsp3) is 0.533. The van der Waals surface area contributed by atoms with E-state index < -0.39 is 0 Å². The van der Waals surface area contributed by atoms with E-state index >= 15 is 0 Å². The molecule has 1 heterocycles. The number of carbonyl (C=O) groups is 1. The van der Waals surface area contributed by atoms with Crippen molar-refractivity contribution in [3.63, 3.8) is 0 Å². The van der Waals surface area contributed by atoms with Crippen molar-refractivity contribution < 1.29 is 9.63 Å². The maximum absolute atomic E-state index is 12.2. The number of rotatable bonds is 3. The van der Waals surface area contributed by atoms with Gasteiger partial charge in [-0.25, -0.2) is 5.06 Å². The van der Waals surface area contributed by atoms with Gasteiger partial charge in [-0.3, -0.25) is 9.63 Å². The van der Waals surface area contributed by atoms with Crippen molar-refractivity contribution in [2.45, 2.75) is 43.9 Å². The van der Waals surface area contributed by atoms with Crippen LogP contribution >= 0.6 is 0 Å². The molecule has 0 radical (unpaired) electrons. The summed E-state index contributed by atoms with van der Waals surface area (Å²) in [6, 6.07) is 10.2. The first-order valence-corrected chi connectivity index (χ1v) is 7.01. The lowest BCUT2D eigenvalue weighted by molar-refractivity contribution is -0.164. The zero-order valence-electron chi connectivity index (χ0n) is 11.2. The lowest BCUT2D eigenvalue weighted by Crippen LogP contribution is -2.44. The van der Waals surface area contributed by atoms with Crippen molar-refractivity contribution in [2.24, 2.45) is 0 Å². The average Bonchev–Trinajstić information content (AvgIpc) is 3.04. The van der Waals surface area contributed by atoms with Crippen LogP contribution in [0.15, 0.2) is 30.3 Å². The highest BCUT2D eigenvalue weighted by molar-refractivity contribution is 5.83. The standard InChI is InChI=1S/C15H20N2O2/c1-17-15(18)13(16-12-9-5-6-10-12)14(19-17)11-7-3-2-4-8-11/h2-4,7-8,12-14,16H,5-6,9-10H2,1H3/t13-,14-/m1/s1. The predicted octanol–water partition coefficient (Wildman–Crippen LogP) is 2.03. The molecule has 1 saturated heterocycles. The first-order valence-electron chi connectivity index (χ1n) is 7.01. The van der Waals surface area contributed by atoms with Crippen LogP contribution in [0, 0.1) is 0 Å². The highest BCUT2D eigenvalue weighted by Gasteiger charge is 2.42.